The first-order valence-corrected chi connectivity index (χ1v) is 13.5. The van der Waals surface area contributed by atoms with Crippen molar-refractivity contribution in [2.45, 2.75) is 64.4 Å². The van der Waals surface area contributed by atoms with Crippen molar-refractivity contribution in [3.63, 3.8) is 0 Å². The van der Waals surface area contributed by atoms with Gasteiger partial charge in [-0.25, -0.2) is 9.18 Å². The number of aryl methyl sites for hydroxylation is 1. The van der Waals surface area contributed by atoms with Gasteiger partial charge in [0.25, 0.3) is 5.91 Å². The Morgan fingerprint density at radius 3 is 2.36 bits per heavy atom. The second-order valence-corrected chi connectivity index (χ2v) is 12.1. The van der Waals surface area contributed by atoms with Crippen LogP contribution >= 0.6 is 0 Å². The number of hydrogen-bond donors (Lipinski definition) is 2. The van der Waals surface area contributed by atoms with Crippen LogP contribution in [0.3, 0.4) is 0 Å². The molecular weight excluding hydrogens is 535 g/mol. The van der Waals surface area contributed by atoms with Crippen molar-refractivity contribution in [2.24, 2.45) is 0 Å². The van der Waals surface area contributed by atoms with Crippen LogP contribution in [-0.2, 0) is 15.6 Å². The number of nitrogens with zero attached hydrogens (tertiary/aromatic N) is 1. The van der Waals surface area contributed by atoms with E-state index in [1.165, 1.54) is 37.4 Å². The largest absolute Gasteiger partial charge is 0.496 e. The summed E-state index contributed by atoms with van der Waals surface area (Å²) in [5.74, 6) is 4.94. The summed E-state index contributed by atoms with van der Waals surface area (Å²) in [5, 5.41) is 19.2. The fraction of sp³-hybridized carbons (Fsp3) is 0.324. The molecule has 7 nitrogen and oxygen atoms in total. The average Bonchev–Trinajstić information content (AvgIpc) is 2.93. The third-order valence-electron chi connectivity index (χ3n) is 7.28. The van der Waals surface area contributed by atoms with E-state index in [0.717, 1.165) is 5.56 Å². The molecule has 0 saturated heterocycles. The minimum absolute atomic E-state index is 0.0463. The number of hydrogen-bond acceptors (Lipinski definition) is 6. The fourth-order valence-electron chi connectivity index (χ4n) is 4.90. The van der Waals surface area contributed by atoms with Gasteiger partial charge in [-0.1, -0.05) is 63.7 Å². The SMILES string of the molecule is COc1ccc(F)cc1C(C)(C)CC(O)(C#Cc1ccc(C(C)(C)C)cc1)C(=O)Nc1ccc2c(=O)onc(C)c2c1. The number of rotatable bonds is 6. The molecule has 1 amide bonds. The predicted octanol–water partition coefficient (Wildman–Crippen LogP) is 6.03. The maximum absolute atomic E-state index is 14.3. The quantitative estimate of drug-likeness (QED) is 0.275. The molecule has 0 radical (unpaired) electrons. The lowest BCUT2D eigenvalue weighted by molar-refractivity contribution is -0.130. The van der Waals surface area contributed by atoms with Gasteiger partial charge in [0.05, 0.1) is 18.2 Å². The lowest BCUT2D eigenvalue weighted by atomic mass is 9.74. The second kappa shape index (κ2) is 11.4. The summed E-state index contributed by atoms with van der Waals surface area (Å²) in [6, 6.07) is 16.4. The van der Waals surface area contributed by atoms with Crippen LogP contribution in [0.1, 0.15) is 63.4 Å². The summed E-state index contributed by atoms with van der Waals surface area (Å²) >= 11 is 0. The molecule has 0 aliphatic carbocycles. The van der Waals surface area contributed by atoms with Crippen LogP contribution in [0.2, 0.25) is 0 Å². The molecular formula is C34H35FN2O5. The summed E-state index contributed by atoms with van der Waals surface area (Å²) in [4.78, 5) is 25.9. The van der Waals surface area contributed by atoms with Gasteiger partial charge in [0.1, 0.15) is 11.6 Å². The zero-order valence-electron chi connectivity index (χ0n) is 24.9. The molecule has 42 heavy (non-hydrogen) atoms. The van der Waals surface area contributed by atoms with Gasteiger partial charge < -0.3 is 19.7 Å². The Balaban J connectivity index is 1.76. The molecule has 2 N–H and O–H groups in total. The van der Waals surface area contributed by atoms with Crippen molar-refractivity contribution in [1.29, 1.82) is 0 Å². The molecule has 0 spiro atoms. The molecule has 0 saturated carbocycles. The van der Waals surface area contributed by atoms with E-state index in [-0.39, 0.29) is 11.8 Å². The van der Waals surface area contributed by atoms with Crippen LogP contribution in [0, 0.1) is 24.6 Å². The van der Waals surface area contributed by atoms with Crippen molar-refractivity contribution >= 4 is 22.4 Å². The van der Waals surface area contributed by atoms with Crippen LogP contribution in [-0.4, -0.2) is 28.9 Å². The third kappa shape index (κ3) is 6.53. The van der Waals surface area contributed by atoms with E-state index in [0.29, 0.717) is 39.0 Å². The van der Waals surface area contributed by atoms with E-state index < -0.39 is 28.4 Å². The Labute approximate surface area is 244 Å². The summed E-state index contributed by atoms with van der Waals surface area (Å²) in [6.45, 7) is 11.6. The third-order valence-corrected chi connectivity index (χ3v) is 7.28. The molecule has 1 heterocycles. The highest BCUT2D eigenvalue weighted by Gasteiger charge is 2.42. The van der Waals surface area contributed by atoms with Crippen molar-refractivity contribution in [1.82, 2.24) is 5.16 Å². The topological polar surface area (TPSA) is 102 Å². The molecule has 3 aromatic carbocycles. The van der Waals surface area contributed by atoms with Crippen molar-refractivity contribution < 1.29 is 23.6 Å². The Bertz CT molecular complexity index is 1760. The first-order valence-electron chi connectivity index (χ1n) is 13.5. The lowest BCUT2D eigenvalue weighted by Gasteiger charge is -2.33. The number of halogens is 1. The minimum Gasteiger partial charge on any atom is -0.496 e. The summed E-state index contributed by atoms with van der Waals surface area (Å²) < 4.78 is 24.6. The molecule has 0 aliphatic rings. The minimum atomic E-state index is -2.21. The Morgan fingerprint density at radius 2 is 1.71 bits per heavy atom. The highest BCUT2D eigenvalue weighted by molar-refractivity contribution is 6.01. The Morgan fingerprint density at radius 1 is 1.02 bits per heavy atom. The number of carbonyl (C=O) groups is 1. The van der Waals surface area contributed by atoms with Gasteiger partial charge in [-0.2, -0.15) is 0 Å². The van der Waals surface area contributed by atoms with Crippen LogP contribution in [0.15, 0.2) is 70.0 Å². The van der Waals surface area contributed by atoms with E-state index in [1.807, 2.05) is 24.3 Å². The highest BCUT2D eigenvalue weighted by atomic mass is 19.1. The number of benzene rings is 3. The van der Waals surface area contributed by atoms with E-state index in [9.17, 15) is 19.1 Å². The number of carbonyl (C=O) groups excluding carboxylic acids is 1. The molecule has 4 rings (SSSR count). The van der Waals surface area contributed by atoms with Crippen molar-refractivity contribution in [3.05, 3.63) is 99.3 Å². The Kier molecular flexibility index (Phi) is 8.29. The van der Waals surface area contributed by atoms with E-state index >= 15 is 0 Å². The molecule has 0 bridgehead atoms. The molecule has 1 aromatic heterocycles. The van der Waals surface area contributed by atoms with E-state index in [2.05, 4.69) is 43.1 Å². The van der Waals surface area contributed by atoms with Crippen molar-refractivity contribution in [2.75, 3.05) is 12.4 Å². The maximum atomic E-state index is 14.3. The highest BCUT2D eigenvalue weighted by Crippen LogP contribution is 2.38. The second-order valence-electron chi connectivity index (χ2n) is 12.1. The van der Waals surface area contributed by atoms with E-state index in [4.69, 9.17) is 9.26 Å². The predicted molar refractivity (Wildman–Crippen MR) is 161 cm³/mol. The normalized spacial score (nSPS) is 13.2. The number of anilines is 1. The number of aromatic nitrogens is 1. The van der Waals surface area contributed by atoms with Gasteiger partial charge in [-0.05, 0) is 71.8 Å². The summed E-state index contributed by atoms with van der Waals surface area (Å²) in [6.07, 6.45) is -0.184. The van der Waals surface area contributed by atoms with E-state index in [1.54, 1.807) is 26.8 Å². The zero-order chi connectivity index (χ0) is 30.9. The number of methoxy groups -OCH3 is 1. The number of nitrogens with one attached hydrogen (secondary N) is 1. The lowest BCUT2D eigenvalue weighted by Crippen LogP contribution is -2.46. The van der Waals surface area contributed by atoms with Gasteiger partial charge in [0.15, 0.2) is 0 Å². The summed E-state index contributed by atoms with van der Waals surface area (Å²) in [7, 11) is 1.48. The van der Waals surface area contributed by atoms with Crippen LogP contribution in [0.5, 0.6) is 5.75 Å². The smallest absolute Gasteiger partial charge is 0.366 e. The first-order chi connectivity index (χ1) is 19.6. The maximum Gasteiger partial charge on any atom is 0.366 e. The number of fused-ring (bicyclic) bond motifs is 1. The van der Waals surface area contributed by atoms with Crippen LogP contribution < -0.4 is 15.7 Å². The molecule has 0 aliphatic heterocycles. The molecule has 0 fully saturated rings. The first kappa shape index (κ1) is 30.5. The molecule has 1 atom stereocenters. The Hall–Kier alpha value is -4.48. The number of ether oxygens (including phenoxy) is 1. The van der Waals surface area contributed by atoms with Crippen LogP contribution in [0.25, 0.3) is 10.8 Å². The van der Waals surface area contributed by atoms with Crippen LogP contribution in [0.4, 0.5) is 10.1 Å². The monoisotopic (exact) mass is 570 g/mol. The van der Waals surface area contributed by atoms with Gasteiger partial charge in [-0.3, -0.25) is 4.79 Å². The summed E-state index contributed by atoms with van der Waals surface area (Å²) in [5.41, 5.74) is -0.785. The van der Waals surface area contributed by atoms with Gasteiger partial charge in [-0.15, -0.1) is 0 Å². The van der Waals surface area contributed by atoms with Gasteiger partial charge in [0.2, 0.25) is 5.60 Å². The van der Waals surface area contributed by atoms with Gasteiger partial charge in [0, 0.05) is 28.6 Å². The van der Waals surface area contributed by atoms with Gasteiger partial charge >= 0.3 is 5.63 Å². The van der Waals surface area contributed by atoms with Crippen molar-refractivity contribution in [3.8, 4) is 17.6 Å². The number of aliphatic hydroxyl groups is 1. The molecule has 218 valence electrons. The number of amides is 1. The standard InChI is InChI=1S/C34H35FN2O5/c1-21-27-19-25(13-14-26(27)30(38)42-37-21)36-31(39)34(40,17-16-22-8-10-23(11-9-22)32(2,3)4)20-33(5,6)28-18-24(35)12-15-29(28)41-7/h8-15,18-19,40H,20H2,1-7H3,(H,36,39). The average molecular weight is 571 g/mol. The zero-order valence-corrected chi connectivity index (χ0v) is 24.9. The molecule has 4 aromatic rings. The fourth-order valence-corrected chi connectivity index (χ4v) is 4.90. The molecule has 8 heteroatoms. The molecule has 1 unspecified atom stereocenters.